The number of rotatable bonds is 15. The molecular formula is C45H84N6O4. The number of likely N-dealkylation sites (tertiary alicyclic amines) is 1. The van der Waals surface area contributed by atoms with E-state index in [1.165, 1.54) is 0 Å². The second-order valence-corrected chi connectivity index (χ2v) is 22.2. The summed E-state index contributed by atoms with van der Waals surface area (Å²) in [5, 5.41) is 11.0. The molecule has 0 aliphatic carbocycles. The standard InChI is InChI=1S/C26H50N4O2.C19H34N2O2/c1-23(2)15-21(16-24(3,4)27-23)29(19-31)13-11-9-10-12-14-30(20-32)22-17-25(5,6)28-26(7,8)18-22;1-8-12(2)9-15-13(3)16(22)21(17(15)23)14-10-18(4,5)20-19(6,7)11-14/h19-22,27-28H,9-18H2,1-8H3;12-15,20H,8-11H2,1-7H3. The Hall–Kier alpha value is -2.04. The number of carbonyl (C=O) groups is 4. The number of nitrogens with zero attached hydrogens (tertiary/aromatic N) is 3. The van der Waals surface area contributed by atoms with Gasteiger partial charge in [0.25, 0.3) is 0 Å². The summed E-state index contributed by atoms with van der Waals surface area (Å²) in [6.45, 7) is 34.4. The van der Waals surface area contributed by atoms with Crippen LogP contribution < -0.4 is 16.0 Å². The van der Waals surface area contributed by atoms with E-state index in [9.17, 15) is 19.2 Å². The van der Waals surface area contributed by atoms with Crippen molar-refractivity contribution in [3.63, 3.8) is 0 Å². The number of imide groups is 1. The first kappa shape index (κ1) is 47.3. The zero-order valence-corrected chi connectivity index (χ0v) is 38.0. The lowest BCUT2D eigenvalue weighted by Crippen LogP contribution is -2.63. The van der Waals surface area contributed by atoms with Crippen molar-refractivity contribution < 1.29 is 19.2 Å². The Morgan fingerprint density at radius 2 is 0.964 bits per heavy atom. The number of hydrogen-bond donors (Lipinski definition) is 3. The molecule has 4 saturated heterocycles. The number of amides is 4. The Labute approximate surface area is 336 Å². The Morgan fingerprint density at radius 3 is 1.29 bits per heavy atom. The second kappa shape index (κ2) is 18.3. The van der Waals surface area contributed by atoms with Crippen molar-refractivity contribution in [2.45, 2.75) is 232 Å². The van der Waals surface area contributed by atoms with Gasteiger partial charge in [-0.15, -0.1) is 0 Å². The normalized spacial score (nSPS) is 27.9. The molecule has 4 aliphatic rings. The number of nitrogens with one attached hydrogen (secondary N) is 3. The molecule has 4 aliphatic heterocycles. The largest absolute Gasteiger partial charge is 0.342 e. The minimum absolute atomic E-state index is 0.0191. The highest BCUT2D eigenvalue weighted by atomic mass is 16.2. The van der Waals surface area contributed by atoms with Gasteiger partial charge in [-0.3, -0.25) is 24.1 Å². The van der Waals surface area contributed by atoms with Crippen LogP contribution in [0.25, 0.3) is 0 Å². The van der Waals surface area contributed by atoms with Crippen LogP contribution in [-0.2, 0) is 19.2 Å². The third-order valence-electron chi connectivity index (χ3n) is 12.8. The fourth-order valence-electron chi connectivity index (χ4n) is 11.2. The predicted octanol–water partition coefficient (Wildman–Crippen LogP) is 7.43. The molecule has 0 aromatic rings. The summed E-state index contributed by atoms with van der Waals surface area (Å²) in [5.74, 6) is 0.305. The zero-order chi connectivity index (χ0) is 41.8. The van der Waals surface area contributed by atoms with E-state index < -0.39 is 0 Å². The zero-order valence-electron chi connectivity index (χ0n) is 38.0. The minimum atomic E-state index is -0.169. The van der Waals surface area contributed by atoms with Crippen molar-refractivity contribution in [2.24, 2.45) is 17.8 Å². The minimum Gasteiger partial charge on any atom is -0.342 e. The van der Waals surface area contributed by atoms with Gasteiger partial charge in [-0.05, 0) is 147 Å². The van der Waals surface area contributed by atoms with Gasteiger partial charge in [-0.2, -0.15) is 0 Å². The molecule has 3 unspecified atom stereocenters. The maximum absolute atomic E-state index is 13.0. The summed E-state index contributed by atoms with van der Waals surface area (Å²) in [5.41, 5.74) is 0.0525. The van der Waals surface area contributed by atoms with Crippen LogP contribution in [0.3, 0.4) is 0 Å². The third-order valence-corrected chi connectivity index (χ3v) is 12.8. The van der Waals surface area contributed by atoms with Crippen molar-refractivity contribution in [3.8, 4) is 0 Å². The van der Waals surface area contributed by atoms with Gasteiger partial charge in [0.2, 0.25) is 24.6 Å². The van der Waals surface area contributed by atoms with Crippen LogP contribution in [0.15, 0.2) is 0 Å². The molecule has 318 valence electrons. The molecule has 0 saturated carbocycles. The molecule has 4 amide bonds. The average Bonchev–Trinajstić information content (AvgIpc) is 3.20. The smallest absolute Gasteiger partial charge is 0.233 e. The van der Waals surface area contributed by atoms with Gasteiger partial charge in [0.05, 0.1) is 5.92 Å². The van der Waals surface area contributed by atoms with Crippen LogP contribution in [-0.4, -0.2) is 104 Å². The van der Waals surface area contributed by atoms with Crippen LogP contribution in [0.1, 0.15) is 181 Å². The first-order chi connectivity index (χ1) is 25.1. The van der Waals surface area contributed by atoms with E-state index >= 15 is 0 Å². The molecule has 0 bridgehead atoms. The molecule has 0 aromatic heterocycles. The van der Waals surface area contributed by atoms with Crippen molar-refractivity contribution in [3.05, 3.63) is 0 Å². The molecule has 3 atom stereocenters. The SMILES string of the molecule is CC1(C)CC(N(C=O)CCCCCCN(C=O)C2CC(C)(C)NC(C)(C)C2)CC(C)(C)N1.CCC(C)CC1C(=O)N(C2CC(C)(C)NC(C)(C)C2)C(=O)C1C. The maximum atomic E-state index is 13.0. The first-order valence-corrected chi connectivity index (χ1v) is 21.8. The van der Waals surface area contributed by atoms with Crippen LogP contribution in [0.4, 0.5) is 0 Å². The van der Waals surface area contributed by atoms with E-state index in [1.54, 1.807) is 4.90 Å². The van der Waals surface area contributed by atoms with Crippen LogP contribution in [0.2, 0.25) is 0 Å². The fraction of sp³-hybridized carbons (Fsp3) is 0.911. The van der Waals surface area contributed by atoms with Crippen molar-refractivity contribution >= 4 is 24.6 Å². The lowest BCUT2D eigenvalue weighted by Gasteiger charge is -2.49. The van der Waals surface area contributed by atoms with Crippen molar-refractivity contribution in [1.29, 1.82) is 0 Å². The molecule has 3 N–H and O–H groups in total. The van der Waals surface area contributed by atoms with Crippen LogP contribution in [0.5, 0.6) is 0 Å². The molecule has 4 fully saturated rings. The first-order valence-electron chi connectivity index (χ1n) is 21.8. The van der Waals surface area contributed by atoms with E-state index in [-0.39, 0.29) is 62.9 Å². The summed E-state index contributed by atoms with van der Waals surface area (Å²) in [6, 6.07) is 0.623. The molecular weight excluding hydrogens is 689 g/mol. The molecule has 55 heavy (non-hydrogen) atoms. The van der Waals surface area contributed by atoms with E-state index in [4.69, 9.17) is 0 Å². The van der Waals surface area contributed by atoms with Gasteiger partial charge in [0.15, 0.2) is 0 Å². The van der Waals surface area contributed by atoms with Crippen LogP contribution in [0, 0.1) is 17.8 Å². The Balaban J connectivity index is 0.000000311. The van der Waals surface area contributed by atoms with E-state index in [2.05, 4.69) is 113 Å². The topological polar surface area (TPSA) is 114 Å². The predicted molar refractivity (Wildman–Crippen MR) is 226 cm³/mol. The molecule has 0 spiro atoms. The van der Waals surface area contributed by atoms with Crippen LogP contribution >= 0.6 is 0 Å². The molecule has 0 radical (unpaired) electrons. The van der Waals surface area contributed by atoms with Crippen molar-refractivity contribution in [2.75, 3.05) is 13.1 Å². The number of hydrogen-bond acceptors (Lipinski definition) is 7. The summed E-state index contributed by atoms with van der Waals surface area (Å²) in [6.07, 6.45) is 13.9. The summed E-state index contributed by atoms with van der Waals surface area (Å²) >= 11 is 0. The summed E-state index contributed by atoms with van der Waals surface area (Å²) in [4.78, 5) is 55.1. The summed E-state index contributed by atoms with van der Waals surface area (Å²) in [7, 11) is 0. The van der Waals surface area contributed by atoms with E-state index in [0.717, 1.165) is 103 Å². The maximum Gasteiger partial charge on any atom is 0.233 e. The van der Waals surface area contributed by atoms with Gasteiger partial charge in [-0.1, -0.05) is 40.0 Å². The average molecular weight is 773 g/mol. The van der Waals surface area contributed by atoms with Gasteiger partial charge in [0, 0.05) is 70.4 Å². The van der Waals surface area contributed by atoms with Gasteiger partial charge in [0.1, 0.15) is 0 Å². The molecule has 4 heterocycles. The Kier molecular flexibility index (Phi) is 15.7. The highest BCUT2D eigenvalue weighted by Crippen LogP contribution is 2.39. The highest BCUT2D eigenvalue weighted by molar-refractivity contribution is 6.05. The molecule has 10 heteroatoms. The number of carbonyl (C=O) groups excluding carboxylic acids is 4. The molecule has 0 aromatic carbocycles. The third kappa shape index (κ3) is 13.8. The molecule has 4 rings (SSSR count). The second-order valence-electron chi connectivity index (χ2n) is 22.2. The van der Waals surface area contributed by atoms with E-state index in [0.29, 0.717) is 18.0 Å². The molecule has 10 nitrogen and oxygen atoms in total. The van der Waals surface area contributed by atoms with E-state index in [1.807, 2.05) is 16.7 Å². The Morgan fingerprint density at radius 1 is 0.618 bits per heavy atom. The quantitative estimate of drug-likeness (QED) is 0.0902. The van der Waals surface area contributed by atoms with Gasteiger partial charge < -0.3 is 25.8 Å². The highest BCUT2D eigenvalue weighted by Gasteiger charge is 2.51. The lowest BCUT2D eigenvalue weighted by atomic mass is 9.79. The fourth-order valence-corrected chi connectivity index (χ4v) is 11.2. The lowest BCUT2D eigenvalue weighted by molar-refractivity contribution is -0.144. The Bertz CT molecular complexity index is 1210. The van der Waals surface area contributed by atoms with Gasteiger partial charge >= 0.3 is 0 Å². The van der Waals surface area contributed by atoms with Gasteiger partial charge in [-0.25, -0.2) is 0 Å². The summed E-state index contributed by atoms with van der Waals surface area (Å²) < 4.78 is 0. The number of unbranched alkanes of at least 4 members (excludes halogenated alkanes) is 3. The monoisotopic (exact) mass is 773 g/mol. The number of piperidine rings is 3. The van der Waals surface area contributed by atoms with Crippen molar-refractivity contribution in [1.82, 2.24) is 30.7 Å².